The van der Waals surface area contributed by atoms with Gasteiger partial charge in [-0.05, 0) is 46.4 Å². The lowest BCUT2D eigenvalue weighted by Gasteiger charge is -2.23. The predicted molar refractivity (Wildman–Crippen MR) is 131 cm³/mol. The molecule has 4 aromatic rings. The molecule has 0 spiro atoms. The van der Waals surface area contributed by atoms with Crippen molar-refractivity contribution < 1.29 is 18.0 Å². The molecule has 0 saturated heterocycles. The molecule has 6 nitrogen and oxygen atoms in total. The molecule has 7 heteroatoms. The molecular formula is C28H30FN3O3. The van der Waals surface area contributed by atoms with Crippen molar-refractivity contribution in [2.24, 2.45) is 0 Å². The molecule has 0 radical (unpaired) electrons. The van der Waals surface area contributed by atoms with E-state index in [1.807, 2.05) is 0 Å². The molecule has 35 heavy (non-hydrogen) atoms. The van der Waals surface area contributed by atoms with E-state index < -0.39 is 0 Å². The summed E-state index contributed by atoms with van der Waals surface area (Å²) in [7, 11) is 0. The normalized spacial score (nSPS) is 11.7. The molecule has 0 fully saturated rings. The zero-order chi connectivity index (χ0) is 24.8. The molecule has 182 valence electrons. The van der Waals surface area contributed by atoms with Gasteiger partial charge in [-0.1, -0.05) is 57.2 Å². The third kappa shape index (κ3) is 6.90. The van der Waals surface area contributed by atoms with Gasteiger partial charge >= 0.3 is 0 Å². The zero-order valence-electron chi connectivity index (χ0n) is 20.3. The first-order valence-corrected chi connectivity index (χ1v) is 11.6. The molecule has 2 aromatic carbocycles. The highest BCUT2D eigenvalue weighted by Gasteiger charge is 2.17. The van der Waals surface area contributed by atoms with Gasteiger partial charge in [-0.25, -0.2) is 9.37 Å². The van der Waals surface area contributed by atoms with E-state index in [0.29, 0.717) is 31.3 Å². The van der Waals surface area contributed by atoms with Crippen molar-refractivity contribution in [2.75, 3.05) is 0 Å². The Balaban J connectivity index is 1.46. The number of hydrogen-bond acceptors (Lipinski definition) is 5. The number of amides is 1. The summed E-state index contributed by atoms with van der Waals surface area (Å²) < 4.78 is 24.3. The maximum Gasteiger partial charge on any atom is 0.273 e. The number of aromatic nitrogens is 1. The monoisotopic (exact) mass is 475 g/mol. The van der Waals surface area contributed by atoms with E-state index in [2.05, 4.69) is 60.2 Å². The Bertz CT molecular complexity index is 1220. The van der Waals surface area contributed by atoms with Crippen LogP contribution in [-0.4, -0.2) is 15.8 Å². The van der Waals surface area contributed by atoms with E-state index in [1.165, 1.54) is 24.0 Å². The second-order valence-corrected chi connectivity index (χ2v) is 9.61. The lowest BCUT2D eigenvalue weighted by Crippen LogP contribution is -2.24. The molecule has 0 aliphatic carbocycles. The Labute approximate surface area is 204 Å². The third-order valence-corrected chi connectivity index (χ3v) is 5.69. The summed E-state index contributed by atoms with van der Waals surface area (Å²) in [4.78, 5) is 19.0. The fraction of sp³-hybridized carbons (Fsp3) is 0.286. The number of oxazole rings is 1. The van der Waals surface area contributed by atoms with Crippen molar-refractivity contribution in [3.8, 4) is 0 Å². The minimum Gasteiger partial charge on any atom is -0.467 e. The summed E-state index contributed by atoms with van der Waals surface area (Å²) in [5, 5.41) is 2.77. The molecular weight excluding hydrogens is 445 g/mol. The lowest BCUT2D eigenvalue weighted by molar-refractivity contribution is 0.0943. The van der Waals surface area contributed by atoms with Crippen LogP contribution in [-0.2, 0) is 31.6 Å². The third-order valence-electron chi connectivity index (χ3n) is 5.69. The topological polar surface area (TPSA) is 71.5 Å². The number of furan rings is 1. The summed E-state index contributed by atoms with van der Waals surface area (Å²) >= 11 is 0. The van der Waals surface area contributed by atoms with Crippen molar-refractivity contribution in [2.45, 2.75) is 52.4 Å². The average molecular weight is 476 g/mol. The van der Waals surface area contributed by atoms with Gasteiger partial charge in [-0.15, -0.1) is 0 Å². The van der Waals surface area contributed by atoms with Crippen LogP contribution >= 0.6 is 0 Å². The first kappa shape index (κ1) is 24.4. The van der Waals surface area contributed by atoms with E-state index in [0.717, 1.165) is 11.1 Å². The van der Waals surface area contributed by atoms with Gasteiger partial charge in [0.2, 0.25) is 5.89 Å². The first-order valence-electron chi connectivity index (χ1n) is 11.6. The number of carbonyl (C=O) groups is 1. The highest BCUT2D eigenvalue weighted by molar-refractivity contribution is 5.91. The standard InChI is InChI=1S/C28H30FN3O3/c1-28(2,3)22-10-6-20(7-11-22)16-32(17-21-8-12-23(29)13-9-21)18-26-31-25(19-35-26)27(33)30-15-24-5-4-14-34-24/h4-14,19H,15-18H2,1-3H3,(H,30,33). The number of carbonyl (C=O) groups excluding carboxylic acids is 1. The molecule has 4 rings (SSSR count). The zero-order valence-corrected chi connectivity index (χ0v) is 20.3. The lowest BCUT2D eigenvalue weighted by atomic mass is 9.87. The van der Waals surface area contributed by atoms with E-state index in [-0.39, 0.29) is 29.4 Å². The fourth-order valence-electron chi connectivity index (χ4n) is 3.73. The summed E-state index contributed by atoms with van der Waals surface area (Å²) in [5.74, 6) is 0.488. The number of hydrogen-bond donors (Lipinski definition) is 1. The van der Waals surface area contributed by atoms with Crippen molar-refractivity contribution in [1.82, 2.24) is 15.2 Å². The van der Waals surface area contributed by atoms with Crippen LogP contribution in [0.5, 0.6) is 0 Å². The Kier molecular flexibility index (Phi) is 7.46. The second kappa shape index (κ2) is 10.7. The van der Waals surface area contributed by atoms with E-state index in [9.17, 15) is 9.18 Å². The van der Waals surface area contributed by atoms with E-state index >= 15 is 0 Å². The Morgan fingerprint density at radius 1 is 0.943 bits per heavy atom. The average Bonchev–Trinajstić information content (AvgIpc) is 3.51. The molecule has 0 saturated carbocycles. The van der Waals surface area contributed by atoms with Crippen molar-refractivity contribution in [3.63, 3.8) is 0 Å². The minimum atomic E-state index is -0.334. The number of rotatable bonds is 9. The smallest absolute Gasteiger partial charge is 0.273 e. The fourth-order valence-corrected chi connectivity index (χ4v) is 3.73. The molecule has 0 aliphatic rings. The molecule has 1 amide bonds. The van der Waals surface area contributed by atoms with Crippen LogP contribution in [0.3, 0.4) is 0 Å². The van der Waals surface area contributed by atoms with Crippen molar-refractivity contribution in [3.05, 3.63) is 113 Å². The van der Waals surface area contributed by atoms with Crippen LogP contribution in [0.2, 0.25) is 0 Å². The molecule has 1 N–H and O–H groups in total. The largest absolute Gasteiger partial charge is 0.467 e. The van der Waals surface area contributed by atoms with Crippen LogP contribution in [0, 0.1) is 5.82 Å². The minimum absolute atomic E-state index is 0.0817. The SMILES string of the molecule is CC(C)(C)c1ccc(CN(Cc2ccc(F)cc2)Cc2nc(C(=O)NCc3ccco3)co2)cc1. The molecule has 2 aromatic heterocycles. The number of nitrogens with zero attached hydrogens (tertiary/aromatic N) is 2. The van der Waals surface area contributed by atoms with Gasteiger partial charge < -0.3 is 14.2 Å². The summed E-state index contributed by atoms with van der Waals surface area (Å²) in [6, 6.07) is 18.6. The maximum atomic E-state index is 13.4. The highest BCUT2D eigenvalue weighted by atomic mass is 19.1. The Morgan fingerprint density at radius 3 is 2.20 bits per heavy atom. The van der Waals surface area contributed by atoms with Crippen LogP contribution in [0.25, 0.3) is 0 Å². The highest BCUT2D eigenvalue weighted by Crippen LogP contribution is 2.23. The quantitative estimate of drug-likeness (QED) is 0.329. The maximum absolute atomic E-state index is 13.4. The van der Waals surface area contributed by atoms with E-state index in [4.69, 9.17) is 8.83 Å². The number of nitrogens with one attached hydrogen (secondary N) is 1. The molecule has 0 atom stereocenters. The van der Waals surface area contributed by atoms with Crippen LogP contribution in [0.15, 0.2) is 82.0 Å². The van der Waals surface area contributed by atoms with Crippen LogP contribution in [0.1, 0.15) is 59.6 Å². The van der Waals surface area contributed by atoms with Gasteiger partial charge in [0.25, 0.3) is 5.91 Å². The van der Waals surface area contributed by atoms with Gasteiger partial charge in [0, 0.05) is 13.1 Å². The Morgan fingerprint density at radius 2 is 1.60 bits per heavy atom. The number of benzene rings is 2. The molecule has 0 bridgehead atoms. The molecule has 2 heterocycles. The van der Waals surface area contributed by atoms with Crippen LogP contribution < -0.4 is 5.32 Å². The summed E-state index contributed by atoms with van der Waals surface area (Å²) in [6.45, 7) is 8.45. The van der Waals surface area contributed by atoms with Gasteiger partial charge in [0.1, 0.15) is 17.8 Å². The molecule has 0 unspecified atom stereocenters. The van der Waals surface area contributed by atoms with Crippen LogP contribution in [0.4, 0.5) is 4.39 Å². The number of halogens is 1. The van der Waals surface area contributed by atoms with Gasteiger partial charge in [-0.3, -0.25) is 9.69 Å². The first-order chi connectivity index (χ1) is 16.8. The second-order valence-electron chi connectivity index (χ2n) is 9.61. The van der Waals surface area contributed by atoms with Crippen molar-refractivity contribution in [1.29, 1.82) is 0 Å². The van der Waals surface area contributed by atoms with Gasteiger partial charge in [0.15, 0.2) is 5.69 Å². The molecule has 0 aliphatic heterocycles. The van der Waals surface area contributed by atoms with Gasteiger partial charge in [0.05, 0.1) is 19.4 Å². The predicted octanol–water partition coefficient (Wildman–Crippen LogP) is 5.84. The van der Waals surface area contributed by atoms with E-state index in [1.54, 1.807) is 30.5 Å². The van der Waals surface area contributed by atoms with Crippen molar-refractivity contribution >= 4 is 5.91 Å². The summed E-state index contributed by atoms with van der Waals surface area (Å²) in [6.07, 6.45) is 2.92. The van der Waals surface area contributed by atoms with Gasteiger partial charge in [-0.2, -0.15) is 0 Å². The summed E-state index contributed by atoms with van der Waals surface area (Å²) in [5.41, 5.74) is 3.68. The Hall–Kier alpha value is -3.71.